The highest BCUT2D eigenvalue weighted by molar-refractivity contribution is 5.30. The second-order valence-electron chi connectivity index (χ2n) is 6.31. The molecule has 0 aromatic heterocycles. The van der Waals surface area contributed by atoms with E-state index >= 15 is 0 Å². The van der Waals surface area contributed by atoms with E-state index in [-0.39, 0.29) is 6.04 Å². The molecule has 0 bridgehead atoms. The number of hydrogen-bond donors (Lipinski definition) is 1. The van der Waals surface area contributed by atoms with E-state index in [1.807, 2.05) is 0 Å². The molecule has 1 aliphatic heterocycles. The molecule has 2 aliphatic rings. The van der Waals surface area contributed by atoms with Crippen LogP contribution in [0.25, 0.3) is 0 Å². The first-order valence-electron chi connectivity index (χ1n) is 7.87. The molecule has 0 amide bonds. The fourth-order valence-electron chi connectivity index (χ4n) is 3.98. The van der Waals surface area contributed by atoms with Gasteiger partial charge >= 0.3 is 0 Å². The summed E-state index contributed by atoms with van der Waals surface area (Å²) in [5.41, 5.74) is 9.10. The van der Waals surface area contributed by atoms with E-state index in [9.17, 15) is 0 Å². The Balaban J connectivity index is 1.92. The molecule has 1 aromatic rings. The molecule has 0 radical (unpaired) electrons. The van der Waals surface area contributed by atoms with E-state index < -0.39 is 0 Å². The van der Waals surface area contributed by atoms with Crippen molar-refractivity contribution in [3.63, 3.8) is 0 Å². The Morgan fingerprint density at radius 2 is 2.10 bits per heavy atom. The summed E-state index contributed by atoms with van der Waals surface area (Å²) in [6.45, 7) is 6.17. The van der Waals surface area contributed by atoms with Gasteiger partial charge in [-0.2, -0.15) is 0 Å². The number of aryl methyl sites for hydroxylation is 1. The summed E-state index contributed by atoms with van der Waals surface area (Å²) in [5, 5.41) is 0. The van der Waals surface area contributed by atoms with Gasteiger partial charge in [0.15, 0.2) is 0 Å². The van der Waals surface area contributed by atoms with Gasteiger partial charge in [0.05, 0.1) is 18.8 Å². The Bertz CT molecular complexity index is 460. The van der Waals surface area contributed by atoms with Gasteiger partial charge in [-0.15, -0.1) is 0 Å². The molecule has 4 unspecified atom stereocenters. The fraction of sp³-hybridized carbons (Fsp3) is 0.647. The predicted molar refractivity (Wildman–Crippen MR) is 81.7 cm³/mol. The molecule has 2 N–H and O–H groups in total. The number of benzene rings is 1. The minimum Gasteiger partial charge on any atom is -0.375 e. The number of ether oxygens (including phenoxy) is 1. The van der Waals surface area contributed by atoms with Gasteiger partial charge in [-0.1, -0.05) is 24.3 Å². The summed E-state index contributed by atoms with van der Waals surface area (Å²) in [6.07, 6.45) is 4.17. The third-order valence-corrected chi connectivity index (χ3v) is 4.89. The van der Waals surface area contributed by atoms with Gasteiger partial charge in [-0.3, -0.25) is 4.90 Å². The number of hydrogen-bond acceptors (Lipinski definition) is 3. The lowest BCUT2D eigenvalue weighted by molar-refractivity contribution is -0.0754. The highest BCUT2D eigenvalue weighted by Crippen LogP contribution is 2.37. The van der Waals surface area contributed by atoms with Crippen LogP contribution in [0.1, 0.15) is 43.4 Å². The Morgan fingerprint density at radius 1 is 1.30 bits per heavy atom. The van der Waals surface area contributed by atoms with Gasteiger partial charge in [-0.25, -0.2) is 0 Å². The zero-order valence-corrected chi connectivity index (χ0v) is 12.6. The van der Waals surface area contributed by atoms with Crippen LogP contribution in [0, 0.1) is 6.92 Å². The lowest BCUT2D eigenvalue weighted by atomic mass is 9.92. The van der Waals surface area contributed by atoms with Crippen molar-refractivity contribution in [1.29, 1.82) is 0 Å². The third-order valence-electron chi connectivity index (χ3n) is 4.89. The molecule has 20 heavy (non-hydrogen) atoms. The van der Waals surface area contributed by atoms with Gasteiger partial charge < -0.3 is 10.5 Å². The van der Waals surface area contributed by atoms with Crippen molar-refractivity contribution in [2.75, 3.05) is 13.2 Å². The lowest BCUT2D eigenvalue weighted by Gasteiger charge is -2.44. The fourth-order valence-corrected chi connectivity index (χ4v) is 3.98. The molecule has 0 spiro atoms. The van der Waals surface area contributed by atoms with Crippen LogP contribution in [0.15, 0.2) is 24.3 Å². The normalized spacial score (nSPS) is 29.9. The summed E-state index contributed by atoms with van der Waals surface area (Å²) in [4.78, 5) is 2.62. The van der Waals surface area contributed by atoms with Gasteiger partial charge in [-0.05, 0) is 44.2 Å². The van der Waals surface area contributed by atoms with E-state index in [4.69, 9.17) is 10.5 Å². The van der Waals surface area contributed by atoms with Gasteiger partial charge in [0.25, 0.3) is 0 Å². The molecule has 1 heterocycles. The van der Waals surface area contributed by atoms with Crippen molar-refractivity contribution in [3.8, 4) is 0 Å². The van der Waals surface area contributed by atoms with Crippen LogP contribution in [-0.2, 0) is 4.74 Å². The largest absolute Gasteiger partial charge is 0.375 e. The number of nitrogens with zero attached hydrogens (tertiary/aromatic N) is 1. The first-order valence-corrected chi connectivity index (χ1v) is 7.87. The third kappa shape index (κ3) is 2.50. The van der Waals surface area contributed by atoms with Crippen LogP contribution < -0.4 is 5.73 Å². The second kappa shape index (κ2) is 5.84. The monoisotopic (exact) mass is 274 g/mol. The van der Waals surface area contributed by atoms with Crippen molar-refractivity contribution >= 4 is 0 Å². The Hall–Kier alpha value is -0.900. The molecule has 3 nitrogen and oxygen atoms in total. The molecule has 1 aliphatic carbocycles. The maximum Gasteiger partial charge on any atom is 0.0731 e. The Labute approximate surface area is 122 Å². The Kier molecular flexibility index (Phi) is 4.11. The van der Waals surface area contributed by atoms with E-state index in [1.165, 1.54) is 30.4 Å². The van der Waals surface area contributed by atoms with Crippen LogP contribution in [0.5, 0.6) is 0 Å². The molecular formula is C17H26N2O. The lowest BCUT2D eigenvalue weighted by Crippen LogP contribution is -2.53. The first-order chi connectivity index (χ1) is 9.68. The van der Waals surface area contributed by atoms with Crippen LogP contribution in [0.3, 0.4) is 0 Å². The van der Waals surface area contributed by atoms with Crippen molar-refractivity contribution in [2.24, 2.45) is 5.73 Å². The molecule has 1 aromatic carbocycles. The summed E-state index contributed by atoms with van der Waals surface area (Å²) >= 11 is 0. The van der Waals surface area contributed by atoms with Gasteiger partial charge in [0.1, 0.15) is 0 Å². The standard InChI is InChI=1S/C17H26N2O/c1-12-6-3-4-7-14(12)17(13(2)18)19-10-11-20-16-9-5-8-15(16)19/h3-4,6-7,13,15-17H,5,8-11,18H2,1-2H3. The quantitative estimate of drug-likeness (QED) is 0.921. The van der Waals surface area contributed by atoms with Crippen molar-refractivity contribution in [1.82, 2.24) is 4.90 Å². The van der Waals surface area contributed by atoms with E-state index in [2.05, 4.69) is 43.0 Å². The van der Waals surface area contributed by atoms with Crippen LogP contribution in [0.2, 0.25) is 0 Å². The van der Waals surface area contributed by atoms with E-state index in [0.29, 0.717) is 18.2 Å². The summed E-state index contributed by atoms with van der Waals surface area (Å²) < 4.78 is 5.95. The summed E-state index contributed by atoms with van der Waals surface area (Å²) in [6, 6.07) is 9.67. The van der Waals surface area contributed by atoms with Crippen molar-refractivity contribution in [2.45, 2.75) is 57.3 Å². The maximum atomic E-state index is 6.37. The molecule has 1 saturated carbocycles. The van der Waals surface area contributed by atoms with Crippen molar-refractivity contribution in [3.05, 3.63) is 35.4 Å². The van der Waals surface area contributed by atoms with Crippen molar-refractivity contribution < 1.29 is 4.74 Å². The predicted octanol–water partition coefficient (Wildman–Crippen LogP) is 2.64. The molecular weight excluding hydrogens is 248 g/mol. The van der Waals surface area contributed by atoms with Crippen LogP contribution >= 0.6 is 0 Å². The first kappa shape index (κ1) is 14.1. The van der Waals surface area contributed by atoms with Gasteiger partial charge in [0.2, 0.25) is 0 Å². The minimum atomic E-state index is 0.135. The molecule has 2 fully saturated rings. The second-order valence-corrected chi connectivity index (χ2v) is 6.31. The highest BCUT2D eigenvalue weighted by atomic mass is 16.5. The zero-order chi connectivity index (χ0) is 14.1. The Morgan fingerprint density at radius 3 is 2.85 bits per heavy atom. The number of rotatable bonds is 3. The van der Waals surface area contributed by atoms with Crippen LogP contribution in [0.4, 0.5) is 0 Å². The number of morpholine rings is 1. The maximum absolute atomic E-state index is 6.37. The zero-order valence-electron chi connectivity index (χ0n) is 12.6. The van der Waals surface area contributed by atoms with Crippen LogP contribution in [-0.4, -0.2) is 36.2 Å². The smallest absolute Gasteiger partial charge is 0.0731 e. The number of fused-ring (bicyclic) bond motifs is 1. The summed E-state index contributed by atoms with van der Waals surface area (Å²) in [5.74, 6) is 0. The number of nitrogens with two attached hydrogens (primary N) is 1. The average Bonchev–Trinajstić information content (AvgIpc) is 2.90. The molecule has 110 valence electrons. The topological polar surface area (TPSA) is 38.5 Å². The summed E-state index contributed by atoms with van der Waals surface area (Å²) in [7, 11) is 0. The molecule has 3 rings (SSSR count). The molecule has 1 saturated heterocycles. The SMILES string of the molecule is Cc1ccccc1C(C(C)N)N1CCOC2CCCC21. The van der Waals surface area contributed by atoms with Gasteiger partial charge in [0, 0.05) is 18.6 Å². The molecule has 4 atom stereocenters. The highest BCUT2D eigenvalue weighted by Gasteiger charge is 2.40. The van der Waals surface area contributed by atoms with E-state index in [0.717, 1.165) is 13.2 Å². The molecule has 3 heteroatoms. The minimum absolute atomic E-state index is 0.135. The van der Waals surface area contributed by atoms with E-state index in [1.54, 1.807) is 0 Å². The average molecular weight is 274 g/mol.